The van der Waals surface area contributed by atoms with Gasteiger partial charge in [-0.2, -0.15) is 0 Å². The van der Waals surface area contributed by atoms with E-state index in [0.717, 1.165) is 6.07 Å². The number of anilines is 1. The van der Waals surface area contributed by atoms with Crippen LogP contribution >= 0.6 is 0 Å². The molecule has 2 aromatic carbocycles. The summed E-state index contributed by atoms with van der Waals surface area (Å²) in [6, 6.07) is 12.1. The van der Waals surface area contributed by atoms with Crippen LogP contribution in [-0.2, 0) is 4.84 Å². The maximum Gasteiger partial charge on any atom is 0.573 e. The molecule has 2 aromatic rings. The van der Waals surface area contributed by atoms with Crippen molar-refractivity contribution in [1.29, 1.82) is 0 Å². The Labute approximate surface area is 119 Å². The van der Waals surface area contributed by atoms with Crippen molar-refractivity contribution < 1.29 is 27.5 Å². The summed E-state index contributed by atoms with van der Waals surface area (Å²) in [7, 11) is 1.46. The highest BCUT2D eigenvalue weighted by Crippen LogP contribution is 2.29. The maximum absolute atomic E-state index is 12.2. The van der Waals surface area contributed by atoms with Gasteiger partial charge in [0.15, 0.2) is 0 Å². The Hall–Kier alpha value is -2.41. The minimum absolute atomic E-state index is 0.228. The van der Waals surface area contributed by atoms with Crippen molar-refractivity contribution in [3.05, 3.63) is 48.5 Å². The topological polar surface area (TPSA) is 39.7 Å². The van der Waals surface area contributed by atoms with E-state index in [0.29, 0.717) is 11.4 Å². The Kier molecular flexibility index (Phi) is 4.54. The average Bonchev–Trinajstić information content (AvgIpc) is 2.38. The summed E-state index contributed by atoms with van der Waals surface area (Å²) >= 11 is 0. The summed E-state index contributed by atoms with van der Waals surface area (Å²) in [6.45, 7) is 0. The number of ether oxygens (including phenoxy) is 2. The largest absolute Gasteiger partial charge is 0.573 e. The fourth-order valence-electron chi connectivity index (χ4n) is 1.61. The van der Waals surface area contributed by atoms with Crippen molar-refractivity contribution in [2.75, 3.05) is 12.6 Å². The van der Waals surface area contributed by atoms with Crippen molar-refractivity contribution in [3.63, 3.8) is 0 Å². The van der Waals surface area contributed by atoms with Crippen LogP contribution in [0.2, 0.25) is 0 Å². The monoisotopic (exact) mass is 299 g/mol. The Morgan fingerprint density at radius 3 is 2.19 bits per heavy atom. The van der Waals surface area contributed by atoms with E-state index >= 15 is 0 Å². The lowest BCUT2D eigenvalue weighted by atomic mass is 10.3. The first kappa shape index (κ1) is 15.0. The van der Waals surface area contributed by atoms with Gasteiger partial charge in [-0.05, 0) is 24.3 Å². The molecule has 0 amide bonds. The molecule has 0 saturated heterocycles. The predicted octanol–water partition coefficient (Wildman–Crippen LogP) is 4.35. The van der Waals surface area contributed by atoms with E-state index in [2.05, 4.69) is 10.2 Å². The van der Waals surface area contributed by atoms with Gasteiger partial charge in [-0.25, -0.2) is 0 Å². The number of benzene rings is 2. The van der Waals surface area contributed by atoms with Gasteiger partial charge in [-0.3, -0.25) is 10.3 Å². The first-order valence-corrected chi connectivity index (χ1v) is 5.89. The zero-order chi connectivity index (χ0) is 15.3. The lowest BCUT2D eigenvalue weighted by Gasteiger charge is -2.11. The summed E-state index contributed by atoms with van der Waals surface area (Å²) in [5.74, 6) is 0.332. The highest BCUT2D eigenvalue weighted by atomic mass is 19.4. The average molecular weight is 299 g/mol. The molecule has 112 valence electrons. The normalized spacial score (nSPS) is 11.0. The molecule has 0 saturated carbocycles. The predicted molar refractivity (Wildman–Crippen MR) is 70.3 cm³/mol. The minimum Gasteiger partial charge on any atom is -0.457 e. The van der Waals surface area contributed by atoms with Gasteiger partial charge in [0.1, 0.15) is 17.2 Å². The third kappa shape index (κ3) is 4.88. The van der Waals surface area contributed by atoms with Crippen molar-refractivity contribution >= 4 is 5.69 Å². The molecule has 0 atom stereocenters. The van der Waals surface area contributed by atoms with Gasteiger partial charge in [-0.15, -0.1) is 13.2 Å². The molecule has 0 aliphatic heterocycles. The van der Waals surface area contributed by atoms with Gasteiger partial charge < -0.3 is 9.47 Å². The van der Waals surface area contributed by atoms with E-state index in [1.54, 1.807) is 24.3 Å². The number of halogens is 3. The molecule has 0 spiro atoms. The molecule has 0 fully saturated rings. The van der Waals surface area contributed by atoms with Gasteiger partial charge >= 0.3 is 6.36 Å². The summed E-state index contributed by atoms with van der Waals surface area (Å²) in [5.41, 5.74) is 3.27. The standard InChI is InChI=1S/C14H12F3NO3/c1-19-18-10-4-2-5-11(8-10)20-12-6-3-7-13(9-12)21-14(15,16)17/h2-9,18H,1H3. The lowest BCUT2D eigenvalue weighted by molar-refractivity contribution is -0.274. The lowest BCUT2D eigenvalue weighted by Crippen LogP contribution is -2.16. The molecular weight excluding hydrogens is 287 g/mol. The van der Waals surface area contributed by atoms with Crippen LogP contribution in [0.15, 0.2) is 48.5 Å². The van der Waals surface area contributed by atoms with Gasteiger partial charge in [0.2, 0.25) is 0 Å². The summed E-state index contributed by atoms with van der Waals surface area (Å²) in [5, 5.41) is 0. The molecule has 0 unspecified atom stereocenters. The molecule has 7 heteroatoms. The molecule has 0 aliphatic carbocycles. The Morgan fingerprint density at radius 2 is 1.52 bits per heavy atom. The Balaban J connectivity index is 2.12. The zero-order valence-electron chi connectivity index (χ0n) is 11.0. The van der Waals surface area contributed by atoms with Crippen LogP contribution in [-0.4, -0.2) is 13.5 Å². The quantitative estimate of drug-likeness (QED) is 0.833. The van der Waals surface area contributed by atoms with Crippen molar-refractivity contribution in [1.82, 2.24) is 0 Å². The molecule has 2 rings (SSSR count). The van der Waals surface area contributed by atoms with Crippen molar-refractivity contribution in [3.8, 4) is 17.2 Å². The fourth-order valence-corrected chi connectivity index (χ4v) is 1.61. The second-order valence-electron chi connectivity index (χ2n) is 3.96. The van der Waals surface area contributed by atoms with Crippen LogP contribution in [0.1, 0.15) is 0 Å². The summed E-state index contributed by atoms with van der Waals surface area (Å²) in [4.78, 5) is 4.76. The van der Waals surface area contributed by atoms with Crippen LogP contribution in [0.4, 0.5) is 18.9 Å². The van der Waals surface area contributed by atoms with Crippen molar-refractivity contribution in [2.24, 2.45) is 0 Å². The summed E-state index contributed by atoms with van der Waals surface area (Å²) < 4.78 is 45.8. The van der Waals surface area contributed by atoms with Gasteiger partial charge in [-0.1, -0.05) is 12.1 Å². The Bertz CT molecular complexity index is 602. The highest BCUT2D eigenvalue weighted by molar-refractivity contribution is 5.48. The zero-order valence-corrected chi connectivity index (χ0v) is 11.0. The van der Waals surface area contributed by atoms with Crippen molar-refractivity contribution in [2.45, 2.75) is 6.36 Å². The van der Waals surface area contributed by atoms with Crippen LogP contribution in [0, 0.1) is 0 Å². The molecule has 21 heavy (non-hydrogen) atoms. The molecule has 0 heterocycles. The number of alkyl halides is 3. The van der Waals surface area contributed by atoms with Gasteiger partial charge in [0.25, 0.3) is 0 Å². The SMILES string of the molecule is CONc1cccc(Oc2cccc(OC(F)(F)F)c2)c1. The minimum atomic E-state index is -4.74. The number of hydrogen-bond acceptors (Lipinski definition) is 4. The second kappa shape index (κ2) is 6.36. The fraction of sp³-hybridized carbons (Fsp3) is 0.143. The number of rotatable bonds is 5. The van der Waals surface area contributed by atoms with Crippen LogP contribution < -0.4 is 15.0 Å². The summed E-state index contributed by atoms with van der Waals surface area (Å²) in [6.07, 6.45) is -4.74. The molecule has 0 aromatic heterocycles. The van der Waals surface area contributed by atoms with Crippen LogP contribution in [0.25, 0.3) is 0 Å². The van der Waals surface area contributed by atoms with Crippen LogP contribution in [0.3, 0.4) is 0 Å². The molecule has 0 radical (unpaired) electrons. The Morgan fingerprint density at radius 1 is 0.905 bits per heavy atom. The first-order valence-electron chi connectivity index (χ1n) is 5.89. The second-order valence-corrected chi connectivity index (χ2v) is 3.96. The third-order valence-corrected chi connectivity index (χ3v) is 2.33. The van der Waals surface area contributed by atoms with E-state index < -0.39 is 6.36 Å². The van der Waals surface area contributed by atoms with E-state index in [4.69, 9.17) is 9.57 Å². The first-order chi connectivity index (χ1) is 9.96. The van der Waals surface area contributed by atoms with E-state index in [1.165, 1.54) is 25.3 Å². The number of nitrogens with one attached hydrogen (secondary N) is 1. The highest BCUT2D eigenvalue weighted by Gasteiger charge is 2.31. The van der Waals surface area contributed by atoms with E-state index in [9.17, 15) is 13.2 Å². The molecular formula is C14H12F3NO3. The molecule has 1 N–H and O–H groups in total. The third-order valence-electron chi connectivity index (χ3n) is 2.33. The smallest absolute Gasteiger partial charge is 0.457 e. The number of hydrogen-bond donors (Lipinski definition) is 1. The molecule has 4 nitrogen and oxygen atoms in total. The van der Waals surface area contributed by atoms with Gasteiger partial charge in [0.05, 0.1) is 12.8 Å². The van der Waals surface area contributed by atoms with Gasteiger partial charge in [0, 0.05) is 12.1 Å². The maximum atomic E-state index is 12.2. The van der Waals surface area contributed by atoms with E-state index in [1.807, 2.05) is 0 Å². The molecule has 0 bridgehead atoms. The molecule has 0 aliphatic rings. The van der Waals surface area contributed by atoms with Crippen LogP contribution in [0.5, 0.6) is 17.2 Å². The van der Waals surface area contributed by atoms with E-state index in [-0.39, 0.29) is 11.5 Å².